The number of hydrogen-bond acceptors (Lipinski definition) is 5. The second-order valence-corrected chi connectivity index (χ2v) is 6.55. The highest BCUT2D eigenvalue weighted by atomic mass is 16.5. The van der Waals surface area contributed by atoms with Crippen molar-refractivity contribution in [1.29, 1.82) is 0 Å². The minimum absolute atomic E-state index is 0.0561. The Morgan fingerprint density at radius 2 is 1.79 bits per heavy atom. The van der Waals surface area contributed by atoms with Crippen molar-refractivity contribution in [3.8, 4) is 11.5 Å². The normalized spacial score (nSPS) is 21.5. The van der Waals surface area contributed by atoms with Gasteiger partial charge in [-0.15, -0.1) is 0 Å². The molecule has 2 rings (SSSR count). The predicted octanol–water partition coefficient (Wildman–Crippen LogP) is 1.48. The van der Waals surface area contributed by atoms with Gasteiger partial charge in [0.15, 0.2) is 0 Å². The molecule has 0 radical (unpaired) electrons. The summed E-state index contributed by atoms with van der Waals surface area (Å²) in [5, 5.41) is 9.58. The maximum absolute atomic E-state index is 13.0. The molecule has 1 amide bonds. The molecule has 1 saturated heterocycles. The number of nitrogens with zero attached hydrogens (tertiary/aromatic N) is 2. The SMILES string of the molecule is COc1cc(OC)cc(C(=O)N2C[C@@H](CO)CC[C@@H](N(C)C)C2)c1. The molecule has 0 bridgehead atoms. The Morgan fingerprint density at radius 3 is 2.29 bits per heavy atom. The first kappa shape index (κ1) is 18.5. The summed E-state index contributed by atoms with van der Waals surface area (Å²) in [6.07, 6.45) is 1.90. The molecule has 1 N–H and O–H groups in total. The van der Waals surface area contributed by atoms with Gasteiger partial charge in [0.05, 0.1) is 14.2 Å². The number of aliphatic hydroxyl groups is 1. The summed E-state index contributed by atoms with van der Waals surface area (Å²) in [5.74, 6) is 1.25. The third kappa shape index (κ3) is 4.39. The summed E-state index contributed by atoms with van der Waals surface area (Å²) in [6.45, 7) is 1.33. The summed E-state index contributed by atoms with van der Waals surface area (Å²) in [6, 6.07) is 5.50. The van der Waals surface area contributed by atoms with E-state index in [0.29, 0.717) is 30.2 Å². The van der Waals surface area contributed by atoms with Crippen LogP contribution in [0.2, 0.25) is 0 Å². The molecule has 0 unspecified atom stereocenters. The second kappa shape index (κ2) is 8.35. The van der Waals surface area contributed by atoms with Crippen LogP contribution in [0.15, 0.2) is 18.2 Å². The topological polar surface area (TPSA) is 62.2 Å². The quantitative estimate of drug-likeness (QED) is 0.882. The van der Waals surface area contributed by atoms with E-state index in [1.807, 2.05) is 19.0 Å². The molecule has 0 saturated carbocycles. The zero-order valence-corrected chi connectivity index (χ0v) is 15.0. The molecule has 2 atom stereocenters. The van der Waals surface area contributed by atoms with Gasteiger partial charge in [0, 0.05) is 37.4 Å². The first-order valence-electron chi connectivity index (χ1n) is 8.28. The van der Waals surface area contributed by atoms with E-state index < -0.39 is 0 Å². The van der Waals surface area contributed by atoms with E-state index >= 15 is 0 Å². The van der Waals surface area contributed by atoms with Crippen LogP contribution in [0.1, 0.15) is 23.2 Å². The van der Waals surface area contributed by atoms with Gasteiger partial charge < -0.3 is 24.4 Å². The molecule has 1 aliphatic rings. The summed E-state index contributed by atoms with van der Waals surface area (Å²) in [7, 11) is 7.19. The number of benzene rings is 1. The van der Waals surface area contributed by atoms with Crippen molar-refractivity contribution in [2.24, 2.45) is 5.92 Å². The Labute approximate surface area is 144 Å². The van der Waals surface area contributed by atoms with E-state index in [1.54, 1.807) is 32.4 Å². The lowest BCUT2D eigenvalue weighted by atomic mass is 10.0. The number of ether oxygens (including phenoxy) is 2. The predicted molar refractivity (Wildman–Crippen MR) is 92.7 cm³/mol. The number of carbonyl (C=O) groups is 1. The average molecular weight is 336 g/mol. The molecule has 0 aromatic heterocycles. The highest BCUT2D eigenvalue weighted by Gasteiger charge is 2.28. The zero-order valence-electron chi connectivity index (χ0n) is 15.0. The van der Waals surface area contributed by atoms with E-state index in [-0.39, 0.29) is 24.5 Å². The van der Waals surface area contributed by atoms with Gasteiger partial charge in [0.1, 0.15) is 11.5 Å². The van der Waals surface area contributed by atoms with Crippen LogP contribution < -0.4 is 9.47 Å². The van der Waals surface area contributed by atoms with Gasteiger partial charge in [-0.2, -0.15) is 0 Å². The fourth-order valence-corrected chi connectivity index (χ4v) is 3.10. The lowest BCUT2D eigenvalue weighted by molar-refractivity contribution is 0.0688. The van der Waals surface area contributed by atoms with Crippen LogP contribution in [0.3, 0.4) is 0 Å². The lowest BCUT2D eigenvalue weighted by Crippen LogP contribution is -2.42. The fourth-order valence-electron chi connectivity index (χ4n) is 3.10. The summed E-state index contributed by atoms with van der Waals surface area (Å²) in [5.41, 5.74) is 0.544. The molecule has 0 spiro atoms. The standard InChI is InChI=1S/C18H28N2O4/c1-19(2)15-6-5-13(12-21)10-20(11-15)18(22)14-7-16(23-3)9-17(8-14)24-4/h7-9,13,15,21H,5-6,10-12H2,1-4H3/t13-,15+/m0/s1. The average Bonchev–Trinajstić information content (AvgIpc) is 2.83. The van der Waals surface area contributed by atoms with Gasteiger partial charge in [-0.3, -0.25) is 4.79 Å². The van der Waals surface area contributed by atoms with Crippen molar-refractivity contribution in [3.05, 3.63) is 23.8 Å². The summed E-state index contributed by atoms with van der Waals surface area (Å²) >= 11 is 0. The van der Waals surface area contributed by atoms with E-state index in [2.05, 4.69) is 4.90 Å². The minimum Gasteiger partial charge on any atom is -0.497 e. The van der Waals surface area contributed by atoms with E-state index in [4.69, 9.17) is 9.47 Å². The Hall–Kier alpha value is -1.79. The van der Waals surface area contributed by atoms with E-state index in [0.717, 1.165) is 12.8 Å². The molecule has 1 aromatic carbocycles. The molecule has 6 nitrogen and oxygen atoms in total. The number of likely N-dealkylation sites (N-methyl/N-ethyl adjacent to an activating group) is 1. The fraction of sp³-hybridized carbons (Fsp3) is 0.611. The minimum atomic E-state index is -0.0561. The Balaban J connectivity index is 2.27. The van der Waals surface area contributed by atoms with Crippen molar-refractivity contribution in [3.63, 3.8) is 0 Å². The third-order valence-electron chi connectivity index (χ3n) is 4.69. The maximum atomic E-state index is 13.0. The monoisotopic (exact) mass is 336 g/mol. The third-order valence-corrected chi connectivity index (χ3v) is 4.69. The van der Waals surface area contributed by atoms with Crippen LogP contribution in [0, 0.1) is 5.92 Å². The van der Waals surface area contributed by atoms with Crippen LogP contribution in [-0.2, 0) is 0 Å². The van der Waals surface area contributed by atoms with Crippen molar-refractivity contribution in [2.75, 3.05) is 48.0 Å². The van der Waals surface area contributed by atoms with E-state index in [1.165, 1.54) is 0 Å². The van der Waals surface area contributed by atoms with Crippen LogP contribution >= 0.6 is 0 Å². The molecule has 0 aliphatic carbocycles. The number of likely N-dealkylation sites (tertiary alicyclic amines) is 1. The van der Waals surface area contributed by atoms with E-state index in [9.17, 15) is 9.90 Å². The van der Waals surface area contributed by atoms with Crippen LogP contribution in [-0.4, -0.2) is 74.9 Å². The summed E-state index contributed by atoms with van der Waals surface area (Å²) < 4.78 is 10.5. The van der Waals surface area contributed by atoms with Crippen LogP contribution in [0.5, 0.6) is 11.5 Å². The van der Waals surface area contributed by atoms with Crippen LogP contribution in [0.4, 0.5) is 0 Å². The number of aliphatic hydroxyl groups excluding tert-OH is 1. The number of hydrogen-bond donors (Lipinski definition) is 1. The molecular weight excluding hydrogens is 308 g/mol. The molecule has 24 heavy (non-hydrogen) atoms. The maximum Gasteiger partial charge on any atom is 0.254 e. The molecule has 1 aliphatic heterocycles. The molecule has 134 valence electrons. The van der Waals surface area contributed by atoms with Crippen molar-refractivity contribution in [1.82, 2.24) is 9.80 Å². The van der Waals surface area contributed by atoms with Gasteiger partial charge in [0.25, 0.3) is 5.91 Å². The number of carbonyl (C=O) groups excluding carboxylic acids is 1. The molecule has 6 heteroatoms. The Bertz CT molecular complexity index is 540. The largest absolute Gasteiger partial charge is 0.497 e. The first-order chi connectivity index (χ1) is 11.5. The number of amides is 1. The Morgan fingerprint density at radius 1 is 1.17 bits per heavy atom. The second-order valence-electron chi connectivity index (χ2n) is 6.55. The highest BCUT2D eigenvalue weighted by Crippen LogP contribution is 2.25. The molecule has 1 aromatic rings. The van der Waals surface area contributed by atoms with Gasteiger partial charge >= 0.3 is 0 Å². The smallest absolute Gasteiger partial charge is 0.254 e. The van der Waals surface area contributed by atoms with Crippen molar-refractivity contribution < 1.29 is 19.4 Å². The highest BCUT2D eigenvalue weighted by molar-refractivity contribution is 5.95. The molecule has 1 heterocycles. The first-order valence-corrected chi connectivity index (χ1v) is 8.28. The number of methoxy groups -OCH3 is 2. The van der Waals surface area contributed by atoms with Gasteiger partial charge in [0.2, 0.25) is 0 Å². The molecular formula is C18H28N2O4. The lowest BCUT2D eigenvalue weighted by Gasteiger charge is -2.29. The Kier molecular flexibility index (Phi) is 6.45. The van der Waals surface area contributed by atoms with Crippen LogP contribution in [0.25, 0.3) is 0 Å². The van der Waals surface area contributed by atoms with Gasteiger partial charge in [-0.25, -0.2) is 0 Å². The van der Waals surface area contributed by atoms with Gasteiger partial charge in [-0.05, 0) is 45.0 Å². The number of rotatable bonds is 5. The van der Waals surface area contributed by atoms with Crippen molar-refractivity contribution >= 4 is 5.91 Å². The zero-order chi connectivity index (χ0) is 17.7. The molecule has 1 fully saturated rings. The van der Waals surface area contributed by atoms with Gasteiger partial charge in [-0.1, -0.05) is 0 Å². The summed E-state index contributed by atoms with van der Waals surface area (Å²) in [4.78, 5) is 17.0. The van der Waals surface area contributed by atoms with Crippen molar-refractivity contribution in [2.45, 2.75) is 18.9 Å².